The van der Waals surface area contributed by atoms with Crippen LogP contribution in [0.25, 0.3) is 0 Å². The zero-order valence-corrected chi connectivity index (χ0v) is 10.3. The normalized spacial score (nSPS) is 15.2. The van der Waals surface area contributed by atoms with Crippen molar-refractivity contribution in [2.75, 3.05) is 0 Å². The van der Waals surface area contributed by atoms with Gasteiger partial charge in [-0.25, -0.2) is 0 Å². The van der Waals surface area contributed by atoms with E-state index in [4.69, 9.17) is 5.73 Å². The molecule has 5 heteroatoms. The van der Waals surface area contributed by atoms with Gasteiger partial charge in [0.2, 0.25) is 0 Å². The van der Waals surface area contributed by atoms with E-state index >= 15 is 0 Å². The summed E-state index contributed by atoms with van der Waals surface area (Å²) >= 11 is 0. The number of rotatable bonds is 4. The van der Waals surface area contributed by atoms with Gasteiger partial charge >= 0.3 is 6.18 Å². The lowest BCUT2D eigenvalue weighted by Crippen LogP contribution is -2.36. The summed E-state index contributed by atoms with van der Waals surface area (Å²) in [6.45, 7) is 3.75. The molecule has 1 aromatic rings. The van der Waals surface area contributed by atoms with Crippen LogP contribution in [0.5, 0.6) is 0 Å². The molecule has 0 aliphatic rings. The van der Waals surface area contributed by atoms with Crippen LogP contribution in [0.4, 0.5) is 13.2 Å². The number of alkyl halides is 3. The molecule has 0 fully saturated rings. The van der Waals surface area contributed by atoms with Crippen molar-refractivity contribution in [3.63, 3.8) is 0 Å². The van der Waals surface area contributed by atoms with Crippen molar-refractivity contribution < 1.29 is 18.0 Å². The molecular weight excluding hydrogens is 243 g/mol. The molecule has 0 radical (unpaired) electrons. The van der Waals surface area contributed by atoms with Crippen LogP contribution in [0.15, 0.2) is 24.3 Å². The third-order valence-electron chi connectivity index (χ3n) is 3.06. The molecule has 0 aliphatic carbocycles. The van der Waals surface area contributed by atoms with Crippen LogP contribution in [-0.2, 0) is 6.18 Å². The van der Waals surface area contributed by atoms with Crippen molar-refractivity contribution in [1.29, 1.82) is 0 Å². The van der Waals surface area contributed by atoms with Gasteiger partial charge in [-0.15, -0.1) is 0 Å². The molecule has 0 bridgehead atoms. The summed E-state index contributed by atoms with van der Waals surface area (Å²) in [5, 5.41) is 0. The van der Waals surface area contributed by atoms with Gasteiger partial charge in [-0.3, -0.25) is 4.79 Å². The van der Waals surface area contributed by atoms with E-state index in [1.165, 1.54) is 12.1 Å². The third kappa shape index (κ3) is 3.32. The minimum absolute atomic E-state index is 0.000192. The molecule has 18 heavy (non-hydrogen) atoms. The molecule has 100 valence electrons. The maximum atomic E-state index is 12.4. The zero-order chi connectivity index (χ0) is 13.9. The number of carbonyl (C=O) groups is 1. The summed E-state index contributed by atoms with van der Waals surface area (Å²) in [5.74, 6) is -0.321. The quantitative estimate of drug-likeness (QED) is 0.843. The molecule has 2 unspecified atom stereocenters. The van der Waals surface area contributed by atoms with E-state index in [9.17, 15) is 18.0 Å². The van der Waals surface area contributed by atoms with Crippen molar-refractivity contribution >= 4 is 5.78 Å². The molecule has 0 heterocycles. The minimum atomic E-state index is -4.39. The average Bonchev–Trinajstić information content (AvgIpc) is 2.35. The number of hydrogen-bond acceptors (Lipinski definition) is 2. The van der Waals surface area contributed by atoms with E-state index in [2.05, 4.69) is 0 Å². The van der Waals surface area contributed by atoms with Gasteiger partial charge in [0, 0.05) is 5.56 Å². The third-order valence-corrected chi connectivity index (χ3v) is 3.06. The lowest BCUT2D eigenvalue weighted by Gasteiger charge is -2.17. The van der Waals surface area contributed by atoms with Crippen LogP contribution in [-0.4, -0.2) is 11.8 Å². The highest BCUT2D eigenvalue weighted by molar-refractivity contribution is 6.00. The van der Waals surface area contributed by atoms with Gasteiger partial charge in [-0.1, -0.05) is 32.4 Å². The number of halogens is 3. The van der Waals surface area contributed by atoms with E-state index in [1.54, 1.807) is 0 Å². The van der Waals surface area contributed by atoms with Crippen molar-refractivity contribution in [2.24, 2.45) is 11.7 Å². The van der Waals surface area contributed by atoms with Gasteiger partial charge in [-0.2, -0.15) is 13.2 Å². The number of carbonyl (C=O) groups excluding carboxylic acids is 1. The molecule has 0 spiro atoms. The van der Waals surface area contributed by atoms with Crippen LogP contribution in [0.2, 0.25) is 0 Å². The van der Waals surface area contributed by atoms with Gasteiger partial charge in [0.1, 0.15) is 0 Å². The monoisotopic (exact) mass is 259 g/mol. The number of Topliss-reactive ketones (excluding diaryl/α,β-unsaturated/α-hetero) is 1. The maximum absolute atomic E-state index is 12.4. The van der Waals surface area contributed by atoms with E-state index in [-0.39, 0.29) is 17.3 Å². The van der Waals surface area contributed by atoms with Crippen LogP contribution < -0.4 is 5.73 Å². The van der Waals surface area contributed by atoms with Gasteiger partial charge < -0.3 is 5.73 Å². The fraction of sp³-hybridized carbons (Fsp3) is 0.462. The molecule has 0 saturated heterocycles. The Morgan fingerprint density at radius 2 is 1.78 bits per heavy atom. The Balaban J connectivity index is 2.89. The Morgan fingerprint density at radius 1 is 1.28 bits per heavy atom. The van der Waals surface area contributed by atoms with E-state index in [0.717, 1.165) is 18.6 Å². The first-order valence-electron chi connectivity index (χ1n) is 5.74. The SMILES string of the molecule is CCC(C)C(N)C(=O)c1ccc(C(F)(F)F)cc1. The second-order valence-corrected chi connectivity index (χ2v) is 4.35. The number of hydrogen-bond donors (Lipinski definition) is 1. The second-order valence-electron chi connectivity index (χ2n) is 4.35. The summed E-state index contributed by atoms with van der Waals surface area (Å²) in [5.41, 5.74) is 5.21. The Labute approximate surface area is 104 Å². The second kappa shape index (κ2) is 5.52. The standard InChI is InChI=1S/C13H16F3NO/c1-3-8(2)11(17)12(18)9-4-6-10(7-5-9)13(14,15)16/h4-8,11H,3,17H2,1-2H3. The number of ketones is 1. The lowest BCUT2D eigenvalue weighted by atomic mass is 9.92. The van der Waals surface area contributed by atoms with E-state index in [1.807, 2.05) is 13.8 Å². The molecule has 1 rings (SSSR count). The van der Waals surface area contributed by atoms with Crippen molar-refractivity contribution in [2.45, 2.75) is 32.5 Å². The summed E-state index contributed by atoms with van der Waals surface area (Å²) in [7, 11) is 0. The molecule has 0 amide bonds. The van der Waals surface area contributed by atoms with Crippen molar-refractivity contribution in [3.05, 3.63) is 35.4 Å². The fourth-order valence-electron chi connectivity index (χ4n) is 1.53. The summed E-state index contributed by atoms with van der Waals surface area (Å²) < 4.78 is 37.1. The summed E-state index contributed by atoms with van der Waals surface area (Å²) in [6, 6.07) is 3.47. The maximum Gasteiger partial charge on any atom is 0.416 e. The van der Waals surface area contributed by atoms with Crippen LogP contribution in [0.3, 0.4) is 0 Å². The lowest BCUT2D eigenvalue weighted by molar-refractivity contribution is -0.137. The van der Waals surface area contributed by atoms with Crippen molar-refractivity contribution in [1.82, 2.24) is 0 Å². The van der Waals surface area contributed by atoms with Crippen molar-refractivity contribution in [3.8, 4) is 0 Å². The Hall–Kier alpha value is -1.36. The van der Waals surface area contributed by atoms with E-state index < -0.39 is 17.8 Å². The molecule has 1 aromatic carbocycles. The highest BCUT2D eigenvalue weighted by Gasteiger charge is 2.30. The first-order valence-corrected chi connectivity index (χ1v) is 5.74. The molecule has 2 atom stereocenters. The fourth-order valence-corrected chi connectivity index (χ4v) is 1.53. The zero-order valence-electron chi connectivity index (χ0n) is 10.3. The molecule has 0 aliphatic heterocycles. The van der Waals surface area contributed by atoms with E-state index in [0.29, 0.717) is 0 Å². The first-order chi connectivity index (χ1) is 8.27. The summed E-state index contributed by atoms with van der Waals surface area (Å²) in [6.07, 6.45) is -3.64. The van der Waals surface area contributed by atoms with Crippen LogP contribution in [0.1, 0.15) is 36.2 Å². The average molecular weight is 259 g/mol. The molecular formula is C13H16F3NO. The Bertz CT molecular complexity index is 411. The van der Waals surface area contributed by atoms with Crippen LogP contribution >= 0.6 is 0 Å². The highest BCUT2D eigenvalue weighted by atomic mass is 19.4. The van der Waals surface area contributed by atoms with Gasteiger partial charge in [0.25, 0.3) is 0 Å². The molecule has 0 aromatic heterocycles. The first kappa shape index (κ1) is 14.7. The minimum Gasteiger partial charge on any atom is -0.321 e. The highest BCUT2D eigenvalue weighted by Crippen LogP contribution is 2.29. The Kier molecular flexibility index (Phi) is 4.51. The smallest absolute Gasteiger partial charge is 0.321 e. The predicted molar refractivity (Wildman–Crippen MR) is 63.2 cm³/mol. The van der Waals surface area contributed by atoms with Gasteiger partial charge in [0.15, 0.2) is 5.78 Å². The largest absolute Gasteiger partial charge is 0.416 e. The number of nitrogens with two attached hydrogens (primary N) is 1. The predicted octanol–water partition coefficient (Wildman–Crippen LogP) is 3.26. The topological polar surface area (TPSA) is 43.1 Å². The Morgan fingerprint density at radius 3 is 2.17 bits per heavy atom. The molecule has 2 nitrogen and oxygen atoms in total. The summed E-state index contributed by atoms with van der Waals surface area (Å²) in [4.78, 5) is 11.9. The van der Waals surface area contributed by atoms with Gasteiger partial charge in [0.05, 0.1) is 11.6 Å². The van der Waals surface area contributed by atoms with Gasteiger partial charge in [-0.05, 0) is 18.1 Å². The van der Waals surface area contributed by atoms with Crippen LogP contribution in [0, 0.1) is 5.92 Å². The molecule has 2 N–H and O–H groups in total. The molecule has 0 saturated carbocycles. The number of benzene rings is 1.